The minimum atomic E-state index is 0.0477. The summed E-state index contributed by atoms with van der Waals surface area (Å²) in [5.41, 5.74) is 0.607. The van der Waals surface area contributed by atoms with Crippen molar-refractivity contribution >= 4 is 5.69 Å². The maximum atomic E-state index is 12.7. The largest absolute Gasteiger partial charge is 0.501 e. The van der Waals surface area contributed by atoms with Gasteiger partial charge in [0.25, 0.3) is 10.8 Å². The zero-order valence-corrected chi connectivity index (χ0v) is 16.5. The third-order valence-electron chi connectivity index (χ3n) is 5.91. The van der Waals surface area contributed by atoms with Gasteiger partial charge in [0.2, 0.25) is 5.75 Å². The van der Waals surface area contributed by atoms with E-state index in [0.717, 1.165) is 65.4 Å². The molecule has 1 aromatic rings. The van der Waals surface area contributed by atoms with Gasteiger partial charge >= 0.3 is 0 Å². The second-order valence-corrected chi connectivity index (χ2v) is 7.74. The van der Waals surface area contributed by atoms with Crippen LogP contribution in [0.4, 0.5) is 5.69 Å². The lowest BCUT2D eigenvalue weighted by molar-refractivity contribution is 0.218. The molecule has 0 aliphatic carbocycles. The Morgan fingerprint density at radius 2 is 1.42 bits per heavy atom. The van der Waals surface area contributed by atoms with Crippen molar-refractivity contribution in [3.8, 4) is 5.75 Å². The molecule has 3 rings (SSSR count). The van der Waals surface area contributed by atoms with Crippen molar-refractivity contribution in [2.24, 2.45) is 0 Å². The van der Waals surface area contributed by atoms with E-state index in [1.165, 1.54) is 25.7 Å². The summed E-state index contributed by atoms with van der Waals surface area (Å²) < 4.78 is 2.08. The number of anilines is 1. The molecule has 0 unspecified atom stereocenters. The average molecular weight is 364 g/mol. The van der Waals surface area contributed by atoms with Gasteiger partial charge in [0, 0.05) is 26.2 Å². The summed E-state index contributed by atoms with van der Waals surface area (Å²) in [6, 6.07) is 0. The van der Waals surface area contributed by atoms with Crippen molar-refractivity contribution in [1.82, 2.24) is 14.4 Å². The molecular weight excluding hydrogens is 328 g/mol. The van der Waals surface area contributed by atoms with Gasteiger partial charge in [0.1, 0.15) is 5.69 Å². The lowest BCUT2D eigenvalue weighted by Crippen LogP contribution is -2.56. The van der Waals surface area contributed by atoms with Crippen LogP contribution in [0.2, 0.25) is 0 Å². The van der Waals surface area contributed by atoms with Crippen LogP contribution in [0, 0.1) is 0 Å². The minimum Gasteiger partial charge on any atom is -0.501 e. The van der Waals surface area contributed by atoms with Crippen molar-refractivity contribution in [2.75, 3.05) is 70.3 Å². The smallest absolute Gasteiger partial charge is 0.294 e. The zero-order chi connectivity index (χ0) is 18.5. The molecule has 0 radical (unpaired) electrons. The zero-order valence-electron chi connectivity index (χ0n) is 16.5. The second kappa shape index (κ2) is 9.00. The summed E-state index contributed by atoms with van der Waals surface area (Å²) >= 11 is 0. The molecule has 6 nitrogen and oxygen atoms in total. The Balaban J connectivity index is 1.61. The van der Waals surface area contributed by atoms with Crippen LogP contribution >= 0.6 is 0 Å². The fourth-order valence-corrected chi connectivity index (χ4v) is 4.12. The normalized spacial score (nSPS) is 20.2. The highest BCUT2D eigenvalue weighted by Gasteiger charge is 2.33. The SMILES string of the molecule is CCCCN1CCN(c2c(O)c(=[N+]3CCN(CCCC)CC3)c2=O)CC1. The summed E-state index contributed by atoms with van der Waals surface area (Å²) in [6.07, 6.45) is 4.90. The summed E-state index contributed by atoms with van der Waals surface area (Å²) in [4.78, 5) is 19.7. The predicted octanol–water partition coefficient (Wildman–Crippen LogP) is 0.438. The van der Waals surface area contributed by atoms with Crippen molar-refractivity contribution in [3.63, 3.8) is 0 Å². The molecule has 0 aromatic heterocycles. The molecule has 2 heterocycles. The fraction of sp³-hybridized carbons (Fsp3) is 0.800. The molecule has 2 fully saturated rings. The minimum absolute atomic E-state index is 0.0477. The molecule has 0 spiro atoms. The molecule has 1 N–H and O–H groups in total. The van der Waals surface area contributed by atoms with Gasteiger partial charge in [-0.1, -0.05) is 26.7 Å². The van der Waals surface area contributed by atoms with Crippen LogP contribution in [0.15, 0.2) is 4.79 Å². The molecule has 1 aromatic carbocycles. The summed E-state index contributed by atoms with van der Waals surface area (Å²) in [6.45, 7) is 14.0. The van der Waals surface area contributed by atoms with E-state index in [9.17, 15) is 9.90 Å². The van der Waals surface area contributed by atoms with Crippen LogP contribution in [0.25, 0.3) is 0 Å². The van der Waals surface area contributed by atoms with E-state index in [-0.39, 0.29) is 11.2 Å². The van der Waals surface area contributed by atoms with Gasteiger partial charge in [-0.25, -0.2) is 4.58 Å². The third-order valence-corrected chi connectivity index (χ3v) is 5.91. The molecule has 6 heteroatoms. The Hall–Kier alpha value is -1.40. The summed E-state index contributed by atoms with van der Waals surface area (Å²) in [5.74, 6) is 0.235. The van der Waals surface area contributed by atoms with E-state index in [2.05, 4.69) is 33.1 Å². The number of nitrogens with zero attached hydrogens (tertiary/aromatic N) is 4. The second-order valence-electron chi connectivity index (χ2n) is 7.74. The number of piperazine rings is 2. The molecule has 0 saturated carbocycles. The van der Waals surface area contributed by atoms with Crippen LogP contribution in [0.1, 0.15) is 39.5 Å². The lowest BCUT2D eigenvalue weighted by atomic mass is 10.1. The van der Waals surface area contributed by atoms with E-state index in [4.69, 9.17) is 0 Å². The number of hydrogen-bond acceptors (Lipinski definition) is 5. The van der Waals surface area contributed by atoms with Gasteiger partial charge in [-0.3, -0.25) is 14.6 Å². The first-order chi connectivity index (χ1) is 12.7. The first-order valence-corrected chi connectivity index (χ1v) is 10.5. The Labute approximate surface area is 157 Å². The molecular formula is C20H35N4O2+. The van der Waals surface area contributed by atoms with Crippen LogP contribution < -0.4 is 20.3 Å². The van der Waals surface area contributed by atoms with Crippen molar-refractivity contribution in [2.45, 2.75) is 39.5 Å². The highest BCUT2D eigenvalue weighted by atomic mass is 16.3. The monoisotopic (exact) mass is 363 g/mol. The Morgan fingerprint density at radius 1 is 0.885 bits per heavy atom. The molecule has 2 aliphatic rings. The number of unbranched alkanes of at least 4 members (excludes halogenated alkanes) is 2. The Kier molecular flexibility index (Phi) is 6.70. The van der Waals surface area contributed by atoms with Crippen LogP contribution in [0.5, 0.6) is 5.75 Å². The molecule has 0 atom stereocenters. The fourth-order valence-electron chi connectivity index (χ4n) is 4.12. The van der Waals surface area contributed by atoms with Gasteiger partial charge in [-0.15, -0.1) is 0 Å². The molecule has 0 amide bonds. The van der Waals surface area contributed by atoms with E-state index in [0.29, 0.717) is 11.0 Å². The molecule has 26 heavy (non-hydrogen) atoms. The first kappa shape index (κ1) is 19.4. The van der Waals surface area contributed by atoms with Crippen LogP contribution in [-0.2, 0) is 0 Å². The van der Waals surface area contributed by atoms with Gasteiger partial charge in [0.15, 0.2) is 13.1 Å². The molecule has 2 aliphatic heterocycles. The predicted molar refractivity (Wildman–Crippen MR) is 107 cm³/mol. The first-order valence-electron chi connectivity index (χ1n) is 10.5. The standard InChI is InChI=1S/C20H34N4O2/c1-3-5-7-21-9-13-23(14-10-21)17-19(25)18(20(17)26)24-15-11-22(12-16-24)8-6-4-2/h3-16H2,1-2H3/p+1. The quantitative estimate of drug-likeness (QED) is 0.713. The van der Waals surface area contributed by atoms with E-state index >= 15 is 0 Å². The maximum absolute atomic E-state index is 12.7. The van der Waals surface area contributed by atoms with E-state index < -0.39 is 0 Å². The van der Waals surface area contributed by atoms with E-state index in [1.54, 1.807) is 0 Å². The lowest BCUT2D eigenvalue weighted by Gasteiger charge is -2.36. The highest BCUT2D eigenvalue weighted by molar-refractivity contribution is 5.63. The number of rotatable bonds is 7. The van der Waals surface area contributed by atoms with Gasteiger partial charge < -0.3 is 10.0 Å². The van der Waals surface area contributed by atoms with Gasteiger partial charge in [0.05, 0.1) is 13.1 Å². The van der Waals surface area contributed by atoms with Crippen LogP contribution in [0.3, 0.4) is 0 Å². The topological polar surface area (TPSA) is 50.0 Å². The molecule has 2 saturated heterocycles. The van der Waals surface area contributed by atoms with Gasteiger partial charge in [-0.2, -0.15) is 0 Å². The Bertz CT molecular complexity index is 660. The van der Waals surface area contributed by atoms with Crippen molar-refractivity contribution < 1.29 is 5.11 Å². The molecule has 0 bridgehead atoms. The third kappa shape index (κ3) is 4.12. The summed E-state index contributed by atoms with van der Waals surface area (Å²) in [7, 11) is 0. The van der Waals surface area contributed by atoms with E-state index in [1.807, 2.05) is 0 Å². The van der Waals surface area contributed by atoms with Crippen molar-refractivity contribution in [1.29, 1.82) is 0 Å². The Morgan fingerprint density at radius 3 is 1.92 bits per heavy atom. The number of hydrogen-bond donors (Lipinski definition) is 1. The van der Waals surface area contributed by atoms with Gasteiger partial charge in [-0.05, 0) is 25.9 Å². The maximum Gasteiger partial charge on any atom is 0.294 e. The molecule has 146 valence electrons. The highest BCUT2D eigenvalue weighted by Crippen LogP contribution is 2.22. The van der Waals surface area contributed by atoms with Crippen molar-refractivity contribution in [3.05, 3.63) is 15.6 Å². The summed E-state index contributed by atoms with van der Waals surface area (Å²) in [5, 5.41) is 11.1. The average Bonchev–Trinajstić information content (AvgIpc) is 2.67. The number of aromatic hydroxyl groups is 1. The van der Waals surface area contributed by atoms with Crippen LogP contribution in [-0.4, -0.2) is 80.4 Å².